The van der Waals surface area contributed by atoms with E-state index in [2.05, 4.69) is 4.90 Å². The van der Waals surface area contributed by atoms with E-state index in [-0.39, 0.29) is 11.7 Å². The molecule has 1 N–H and O–H groups in total. The molecule has 2 aliphatic heterocycles. The van der Waals surface area contributed by atoms with Crippen LogP contribution in [0.5, 0.6) is 0 Å². The predicted octanol–water partition coefficient (Wildman–Crippen LogP) is 0.511. The summed E-state index contributed by atoms with van der Waals surface area (Å²) in [5.74, 6) is -0.207. The van der Waals surface area contributed by atoms with Crippen molar-refractivity contribution in [1.82, 2.24) is 4.90 Å². The monoisotopic (exact) mass is 394 g/mol. The standard InChI is InChI=1S/C19H24FN3O3S/c1-2-26-19(25)13-18-23(17(24)14-27-18)12-9-21-7-10-22(11-8-21)16-5-3-15(20)4-6-16/h3-6,13H,2,7-12,14H2,1H3/p+1/b18-13-. The molecule has 1 amide bonds. The highest BCUT2D eigenvalue weighted by molar-refractivity contribution is 8.04. The SMILES string of the molecule is CCOC(=O)/C=C1\SCC(=O)N1CC[NH+]1CCN(c2ccc(F)cc2)CC1. The lowest BCUT2D eigenvalue weighted by Gasteiger charge is -2.34. The van der Waals surface area contributed by atoms with Crippen molar-refractivity contribution >= 4 is 29.3 Å². The number of esters is 1. The number of amides is 1. The maximum atomic E-state index is 13.1. The van der Waals surface area contributed by atoms with Crippen molar-refractivity contribution in [2.75, 3.05) is 56.5 Å². The van der Waals surface area contributed by atoms with Gasteiger partial charge < -0.3 is 19.4 Å². The van der Waals surface area contributed by atoms with Crippen LogP contribution in [0.2, 0.25) is 0 Å². The molecular formula is C19H25FN3O3S+. The van der Waals surface area contributed by atoms with Gasteiger partial charge in [0.25, 0.3) is 0 Å². The molecule has 0 spiro atoms. The summed E-state index contributed by atoms with van der Waals surface area (Å²) in [7, 11) is 0. The number of halogens is 1. The molecule has 27 heavy (non-hydrogen) atoms. The third-order valence-electron chi connectivity index (χ3n) is 4.79. The molecule has 3 rings (SSSR count). The second-order valence-electron chi connectivity index (χ2n) is 6.53. The first-order valence-corrected chi connectivity index (χ1v) is 10.2. The van der Waals surface area contributed by atoms with Crippen LogP contribution < -0.4 is 9.80 Å². The fourth-order valence-corrected chi connectivity index (χ4v) is 4.26. The molecule has 8 heteroatoms. The lowest BCUT2D eigenvalue weighted by Crippen LogP contribution is -3.15. The number of hydrogen-bond donors (Lipinski definition) is 1. The average Bonchev–Trinajstić information content (AvgIpc) is 3.01. The summed E-state index contributed by atoms with van der Waals surface area (Å²) in [6.45, 7) is 7.24. The van der Waals surface area contributed by atoms with Gasteiger partial charge in [0.2, 0.25) is 5.91 Å². The quantitative estimate of drug-likeness (QED) is 0.563. The third-order valence-corrected chi connectivity index (χ3v) is 5.82. The Labute approximate surface area is 162 Å². The zero-order valence-corrected chi connectivity index (χ0v) is 16.3. The first-order valence-electron chi connectivity index (χ1n) is 9.22. The highest BCUT2D eigenvalue weighted by Crippen LogP contribution is 2.28. The lowest BCUT2D eigenvalue weighted by atomic mass is 10.2. The van der Waals surface area contributed by atoms with Crippen LogP contribution in [-0.4, -0.2) is 68.4 Å². The van der Waals surface area contributed by atoms with Crippen LogP contribution in [0.25, 0.3) is 0 Å². The van der Waals surface area contributed by atoms with Gasteiger partial charge in [-0.25, -0.2) is 9.18 Å². The fraction of sp³-hybridized carbons (Fsp3) is 0.474. The molecule has 6 nitrogen and oxygen atoms in total. The molecule has 2 saturated heterocycles. The molecule has 0 unspecified atom stereocenters. The number of anilines is 1. The Morgan fingerprint density at radius 1 is 1.30 bits per heavy atom. The van der Waals surface area contributed by atoms with Crippen molar-refractivity contribution in [3.8, 4) is 0 Å². The van der Waals surface area contributed by atoms with E-state index in [1.165, 1.54) is 34.9 Å². The molecule has 0 aliphatic carbocycles. The second-order valence-corrected chi connectivity index (χ2v) is 7.53. The van der Waals surface area contributed by atoms with Gasteiger partial charge in [-0.15, -0.1) is 0 Å². The number of benzene rings is 1. The zero-order valence-electron chi connectivity index (χ0n) is 15.4. The molecule has 0 saturated carbocycles. The number of carbonyl (C=O) groups is 2. The number of rotatable bonds is 6. The van der Waals surface area contributed by atoms with Crippen LogP contribution in [0, 0.1) is 5.82 Å². The van der Waals surface area contributed by atoms with Gasteiger partial charge >= 0.3 is 5.97 Å². The Morgan fingerprint density at radius 2 is 2.00 bits per heavy atom. The average molecular weight is 394 g/mol. The number of nitrogens with zero attached hydrogens (tertiary/aromatic N) is 2. The largest absolute Gasteiger partial charge is 0.463 e. The van der Waals surface area contributed by atoms with Gasteiger partial charge in [0.15, 0.2) is 0 Å². The Morgan fingerprint density at radius 3 is 2.67 bits per heavy atom. The maximum absolute atomic E-state index is 13.1. The van der Waals surface area contributed by atoms with E-state index in [0.717, 1.165) is 38.4 Å². The van der Waals surface area contributed by atoms with Gasteiger partial charge in [0.05, 0.1) is 62.7 Å². The number of quaternary nitrogens is 1. The van der Waals surface area contributed by atoms with E-state index >= 15 is 0 Å². The fourth-order valence-electron chi connectivity index (χ4n) is 3.31. The molecule has 146 valence electrons. The van der Waals surface area contributed by atoms with Crippen LogP contribution in [0.4, 0.5) is 10.1 Å². The minimum absolute atomic E-state index is 0.0416. The van der Waals surface area contributed by atoms with E-state index in [9.17, 15) is 14.0 Å². The molecule has 0 aromatic heterocycles. The summed E-state index contributed by atoms with van der Waals surface area (Å²) in [6, 6.07) is 6.60. The van der Waals surface area contributed by atoms with Crippen molar-refractivity contribution in [1.29, 1.82) is 0 Å². The van der Waals surface area contributed by atoms with Crippen LogP contribution in [0.15, 0.2) is 35.4 Å². The van der Waals surface area contributed by atoms with E-state index in [1.54, 1.807) is 11.8 Å². The number of carbonyl (C=O) groups excluding carboxylic acids is 2. The summed E-state index contributed by atoms with van der Waals surface area (Å²) >= 11 is 1.39. The summed E-state index contributed by atoms with van der Waals surface area (Å²) < 4.78 is 18.0. The second kappa shape index (κ2) is 9.23. The van der Waals surface area contributed by atoms with E-state index in [1.807, 2.05) is 12.1 Å². The topological polar surface area (TPSA) is 54.3 Å². The predicted molar refractivity (Wildman–Crippen MR) is 103 cm³/mol. The first kappa shape index (κ1) is 19.7. The summed E-state index contributed by atoms with van der Waals surface area (Å²) in [5.41, 5.74) is 1.04. The van der Waals surface area contributed by atoms with Crippen molar-refractivity contribution in [3.05, 3.63) is 41.2 Å². The smallest absolute Gasteiger partial charge is 0.333 e. The van der Waals surface area contributed by atoms with Gasteiger partial charge in [0.1, 0.15) is 5.82 Å². The van der Waals surface area contributed by atoms with Gasteiger partial charge in [-0.3, -0.25) is 4.79 Å². The van der Waals surface area contributed by atoms with Crippen LogP contribution in [-0.2, 0) is 14.3 Å². The molecule has 2 aliphatic rings. The van der Waals surface area contributed by atoms with Crippen LogP contribution >= 0.6 is 11.8 Å². The molecular weight excluding hydrogens is 369 g/mol. The molecule has 0 radical (unpaired) electrons. The Hall–Kier alpha value is -2.06. The Kier molecular flexibility index (Phi) is 6.73. The van der Waals surface area contributed by atoms with Crippen molar-refractivity contribution < 1.29 is 23.6 Å². The number of nitrogens with one attached hydrogen (secondary N) is 1. The molecule has 2 fully saturated rings. The highest BCUT2D eigenvalue weighted by Gasteiger charge is 2.29. The van der Waals surface area contributed by atoms with Crippen molar-refractivity contribution in [2.45, 2.75) is 6.92 Å². The molecule has 2 heterocycles. The van der Waals surface area contributed by atoms with Crippen LogP contribution in [0.1, 0.15) is 6.92 Å². The number of piperazine rings is 1. The molecule has 1 aromatic rings. The Bertz CT molecular complexity index is 703. The normalized spacial score (nSPS) is 19.8. The van der Waals surface area contributed by atoms with Crippen molar-refractivity contribution in [2.24, 2.45) is 0 Å². The van der Waals surface area contributed by atoms with E-state index < -0.39 is 5.97 Å². The maximum Gasteiger partial charge on any atom is 0.333 e. The summed E-state index contributed by atoms with van der Waals surface area (Å²) in [4.78, 5) is 29.2. The van der Waals surface area contributed by atoms with E-state index in [4.69, 9.17) is 4.74 Å². The molecule has 1 aromatic carbocycles. The molecule has 0 bridgehead atoms. The van der Waals surface area contributed by atoms with Gasteiger partial charge in [-0.1, -0.05) is 11.8 Å². The lowest BCUT2D eigenvalue weighted by molar-refractivity contribution is -0.899. The number of hydrogen-bond acceptors (Lipinski definition) is 5. The van der Waals surface area contributed by atoms with Crippen molar-refractivity contribution in [3.63, 3.8) is 0 Å². The number of ether oxygens (including phenoxy) is 1. The first-order chi connectivity index (χ1) is 13.1. The third kappa shape index (κ3) is 5.23. The zero-order chi connectivity index (χ0) is 19.2. The van der Waals surface area contributed by atoms with Gasteiger partial charge in [0, 0.05) is 5.69 Å². The Balaban J connectivity index is 1.49. The number of thioether (sulfide) groups is 1. The minimum atomic E-state index is -0.403. The minimum Gasteiger partial charge on any atom is -0.463 e. The van der Waals surface area contributed by atoms with Crippen LogP contribution in [0.3, 0.4) is 0 Å². The summed E-state index contributed by atoms with van der Waals surface area (Å²) in [6.07, 6.45) is 1.42. The van der Waals surface area contributed by atoms with Gasteiger partial charge in [-0.2, -0.15) is 0 Å². The van der Waals surface area contributed by atoms with E-state index in [0.29, 0.717) is 23.9 Å². The summed E-state index contributed by atoms with van der Waals surface area (Å²) in [5, 5.41) is 0.683. The van der Waals surface area contributed by atoms with Gasteiger partial charge in [-0.05, 0) is 31.2 Å². The highest BCUT2D eigenvalue weighted by atomic mass is 32.2. The molecule has 0 atom stereocenters.